The van der Waals surface area contributed by atoms with Crippen LogP contribution >= 0.6 is 11.8 Å². The summed E-state index contributed by atoms with van der Waals surface area (Å²) in [6.45, 7) is 1.82. The summed E-state index contributed by atoms with van der Waals surface area (Å²) < 4.78 is 42.3. The molecule has 0 spiro atoms. The molecular weight excluding hydrogens is 317 g/mol. The lowest BCUT2D eigenvalue weighted by Crippen LogP contribution is -2.09. The zero-order valence-electron chi connectivity index (χ0n) is 13.0. The van der Waals surface area contributed by atoms with Gasteiger partial charge in [-0.15, -0.1) is 0 Å². The summed E-state index contributed by atoms with van der Waals surface area (Å²) in [5.41, 5.74) is 1.26. The summed E-state index contributed by atoms with van der Waals surface area (Å²) in [5, 5.41) is 0. The van der Waals surface area contributed by atoms with Gasteiger partial charge in [0.25, 0.3) is 0 Å². The highest BCUT2D eigenvalue weighted by molar-refractivity contribution is 7.99. The summed E-state index contributed by atoms with van der Waals surface area (Å²) in [6.07, 6.45) is 4.93. The number of halogens is 3. The van der Waals surface area contributed by atoms with Crippen LogP contribution in [0.25, 0.3) is 0 Å². The molecule has 2 aromatic carbocycles. The first kappa shape index (κ1) is 16.4. The predicted octanol–water partition coefficient (Wildman–Crippen LogP) is 6.61. The molecule has 0 atom stereocenters. The summed E-state index contributed by atoms with van der Waals surface area (Å²) in [7, 11) is 0. The smallest absolute Gasteiger partial charge is 0.163 e. The standard InChI is InChI=1S/C19H19F3S/c1-12-7-9-16(15(21)11-12)23-17-10-8-14(20)19(22)18(17)13-5-3-2-4-6-13/h7-11,13H,2-6H2,1H3. The molecule has 4 heteroatoms. The fourth-order valence-corrected chi connectivity index (χ4v) is 4.25. The normalized spacial score (nSPS) is 15.8. The maximum absolute atomic E-state index is 14.4. The van der Waals surface area contributed by atoms with Crippen molar-refractivity contribution in [3.05, 3.63) is 58.9 Å². The molecule has 0 bridgehead atoms. The summed E-state index contributed by atoms with van der Waals surface area (Å²) in [6, 6.07) is 7.69. The molecule has 1 aliphatic rings. The number of aryl methyl sites for hydroxylation is 1. The van der Waals surface area contributed by atoms with E-state index in [0.29, 0.717) is 15.4 Å². The number of benzene rings is 2. The van der Waals surface area contributed by atoms with Gasteiger partial charge in [-0.1, -0.05) is 37.1 Å². The first-order valence-electron chi connectivity index (χ1n) is 7.98. The van der Waals surface area contributed by atoms with Crippen LogP contribution in [0.1, 0.15) is 49.1 Å². The van der Waals surface area contributed by atoms with Crippen LogP contribution in [0.4, 0.5) is 13.2 Å². The van der Waals surface area contributed by atoms with Gasteiger partial charge in [0.2, 0.25) is 0 Å². The highest BCUT2D eigenvalue weighted by atomic mass is 32.2. The van der Waals surface area contributed by atoms with Crippen molar-refractivity contribution in [2.24, 2.45) is 0 Å². The van der Waals surface area contributed by atoms with Crippen LogP contribution in [-0.2, 0) is 0 Å². The fraction of sp³-hybridized carbons (Fsp3) is 0.368. The molecule has 0 N–H and O–H groups in total. The first-order chi connectivity index (χ1) is 11.1. The molecule has 0 heterocycles. The Morgan fingerprint density at radius 3 is 2.26 bits per heavy atom. The van der Waals surface area contributed by atoms with Crippen molar-refractivity contribution in [2.45, 2.75) is 54.7 Å². The average Bonchev–Trinajstić information content (AvgIpc) is 2.54. The van der Waals surface area contributed by atoms with E-state index in [9.17, 15) is 13.2 Å². The lowest BCUT2D eigenvalue weighted by atomic mass is 9.84. The highest BCUT2D eigenvalue weighted by Crippen LogP contribution is 2.42. The van der Waals surface area contributed by atoms with E-state index in [2.05, 4.69) is 0 Å². The van der Waals surface area contributed by atoms with E-state index in [-0.39, 0.29) is 11.7 Å². The maximum Gasteiger partial charge on any atom is 0.163 e. The predicted molar refractivity (Wildman–Crippen MR) is 87.4 cm³/mol. The van der Waals surface area contributed by atoms with Crippen LogP contribution in [-0.4, -0.2) is 0 Å². The second kappa shape index (κ2) is 7.00. The molecule has 1 fully saturated rings. The average molecular weight is 336 g/mol. The molecule has 1 aliphatic carbocycles. The number of hydrogen-bond acceptors (Lipinski definition) is 1. The third-order valence-corrected chi connectivity index (χ3v) is 5.54. The molecule has 2 aromatic rings. The lowest BCUT2D eigenvalue weighted by molar-refractivity contribution is 0.411. The quantitative estimate of drug-likeness (QED) is 0.607. The second-order valence-corrected chi connectivity index (χ2v) is 7.23. The minimum atomic E-state index is -0.820. The molecule has 0 aromatic heterocycles. The molecule has 0 unspecified atom stereocenters. The van der Waals surface area contributed by atoms with Gasteiger partial charge < -0.3 is 0 Å². The van der Waals surface area contributed by atoms with Crippen LogP contribution in [0.3, 0.4) is 0 Å². The Morgan fingerprint density at radius 2 is 1.57 bits per heavy atom. The van der Waals surface area contributed by atoms with Gasteiger partial charge in [-0.3, -0.25) is 0 Å². The Bertz CT molecular complexity index is 706. The molecular formula is C19H19F3S. The Kier molecular flexibility index (Phi) is 5.00. The van der Waals surface area contributed by atoms with Crippen molar-refractivity contribution >= 4 is 11.8 Å². The minimum absolute atomic E-state index is 0.0236. The fourth-order valence-electron chi connectivity index (χ4n) is 3.22. The van der Waals surface area contributed by atoms with Crippen LogP contribution in [0.15, 0.2) is 40.1 Å². The summed E-state index contributed by atoms with van der Waals surface area (Å²) in [5.74, 6) is -1.89. The van der Waals surface area contributed by atoms with Crippen molar-refractivity contribution in [1.29, 1.82) is 0 Å². The maximum atomic E-state index is 14.4. The van der Waals surface area contributed by atoms with E-state index in [1.54, 1.807) is 12.1 Å². The zero-order valence-corrected chi connectivity index (χ0v) is 13.9. The van der Waals surface area contributed by atoms with Crippen LogP contribution in [0, 0.1) is 24.4 Å². The first-order valence-corrected chi connectivity index (χ1v) is 8.80. The van der Waals surface area contributed by atoms with E-state index < -0.39 is 11.6 Å². The monoisotopic (exact) mass is 336 g/mol. The number of rotatable bonds is 3. The Balaban J connectivity index is 1.99. The van der Waals surface area contributed by atoms with Gasteiger partial charge in [0.05, 0.1) is 0 Å². The zero-order chi connectivity index (χ0) is 16.4. The van der Waals surface area contributed by atoms with Crippen molar-refractivity contribution < 1.29 is 13.2 Å². The Labute approximate surface area is 139 Å². The van der Waals surface area contributed by atoms with Crippen molar-refractivity contribution in [2.75, 3.05) is 0 Å². The highest BCUT2D eigenvalue weighted by Gasteiger charge is 2.25. The molecule has 0 nitrogen and oxygen atoms in total. The molecule has 23 heavy (non-hydrogen) atoms. The molecule has 0 saturated heterocycles. The molecule has 122 valence electrons. The molecule has 0 radical (unpaired) electrons. The largest absolute Gasteiger partial charge is 0.206 e. The Morgan fingerprint density at radius 1 is 0.870 bits per heavy atom. The van der Waals surface area contributed by atoms with Crippen LogP contribution in [0.2, 0.25) is 0 Å². The summed E-state index contributed by atoms with van der Waals surface area (Å²) >= 11 is 1.18. The van der Waals surface area contributed by atoms with Gasteiger partial charge in [0.1, 0.15) is 5.82 Å². The molecule has 0 amide bonds. The van der Waals surface area contributed by atoms with Crippen LogP contribution < -0.4 is 0 Å². The van der Waals surface area contributed by atoms with Gasteiger partial charge in [-0.25, -0.2) is 13.2 Å². The van der Waals surface area contributed by atoms with Crippen LogP contribution in [0.5, 0.6) is 0 Å². The van der Waals surface area contributed by atoms with Crippen molar-refractivity contribution in [3.8, 4) is 0 Å². The summed E-state index contributed by atoms with van der Waals surface area (Å²) in [4.78, 5) is 1.07. The third-order valence-electron chi connectivity index (χ3n) is 4.41. The molecule has 0 aliphatic heterocycles. The SMILES string of the molecule is Cc1ccc(Sc2ccc(F)c(F)c2C2CCCCC2)c(F)c1. The van der Waals surface area contributed by atoms with Gasteiger partial charge in [0.15, 0.2) is 11.6 Å². The van der Waals surface area contributed by atoms with Crippen molar-refractivity contribution in [3.63, 3.8) is 0 Å². The van der Waals surface area contributed by atoms with Gasteiger partial charge in [0, 0.05) is 15.4 Å². The van der Waals surface area contributed by atoms with E-state index in [0.717, 1.165) is 43.7 Å². The van der Waals surface area contributed by atoms with Gasteiger partial charge >= 0.3 is 0 Å². The minimum Gasteiger partial charge on any atom is -0.206 e. The van der Waals surface area contributed by atoms with Gasteiger partial charge in [-0.05, 0) is 55.5 Å². The second-order valence-electron chi connectivity index (χ2n) is 6.14. The topological polar surface area (TPSA) is 0 Å². The van der Waals surface area contributed by atoms with E-state index in [1.807, 2.05) is 13.0 Å². The number of hydrogen-bond donors (Lipinski definition) is 0. The van der Waals surface area contributed by atoms with Gasteiger partial charge in [-0.2, -0.15) is 0 Å². The van der Waals surface area contributed by atoms with E-state index >= 15 is 0 Å². The molecule has 3 rings (SSSR count). The van der Waals surface area contributed by atoms with E-state index in [4.69, 9.17) is 0 Å². The Hall–Kier alpha value is -1.42. The molecule has 1 saturated carbocycles. The lowest BCUT2D eigenvalue weighted by Gasteiger charge is -2.24. The van der Waals surface area contributed by atoms with Crippen molar-refractivity contribution in [1.82, 2.24) is 0 Å². The van der Waals surface area contributed by atoms with E-state index in [1.165, 1.54) is 17.8 Å². The third kappa shape index (κ3) is 3.57.